The van der Waals surface area contributed by atoms with Crippen LogP contribution < -0.4 is 14.8 Å². The summed E-state index contributed by atoms with van der Waals surface area (Å²) in [5.41, 5.74) is 9.62. The largest absolute Gasteiger partial charge is 0.493 e. The zero-order chi connectivity index (χ0) is 30.4. The predicted octanol–water partition coefficient (Wildman–Crippen LogP) is 7.94. The maximum atomic E-state index is 11.9. The van der Waals surface area contributed by atoms with Gasteiger partial charge in [0.25, 0.3) is 0 Å². The van der Waals surface area contributed by atoms with Crippen LogP contribution >= 0.6 is 0 Å². The lowest BCUT2D eigenvalue weighted by molar-refractivity contribution is -0.117. The molecule has 6 heteroatoms. The molecule has 0 aliphatic carbocycles. The lowest BCUT2D eigenvalue weighted by Crippen LogP contribution is -2.34. The third-order valence-electron chi connectivity index (χ3n) is 7.30. The molecule has 222 valence electrons. The van der Waals surface area contributed by atoms with Crippen LogP contribution in [0.4, 0.5) is 5.69 Å². The van der Waals surface area contributed by atoms with Crippen LogP contribution in [0.15, 0.2) is 41.6 Å². The van der Waals surface area contributed by atoms with Gasteiger partial charge in [0.05, 0.1) is 19.8 Å². The Hall–Kier alpha value is -3.25. The number of nitrogens with zero attached hydrogens (tertiary/aromatic N) is 1. The van der Waals surface area contributed by atoms with Crippen molar-refractivity contribution < 1.29 is 19.4 Å². The second-order valence-corrected chi connectivity index (χ2v) is 9.56. The quantitative estimate of drug-likeness (QED) is 0.277. The summed E-state index contributed by atoms with van der Waals surface area (Å²) < 4.78 is 11.9. The van der Waals surface area contributed by atoms with Gasteiger partial charge in [0, 0.05) is 24.0 Å². The number of allylic oxidation sites excluding steroid dienone is 2. The summed E-state index contributed by atoms with van der Waals surface area (Å²) in [6.07, 6.45) is 6.84. The number of aliphatic hydroxyl groups is 1. The van der Waals surface area contributed by atoms with E-state index in [4.69, 9.17) is 9.47 Å². The Kier molecular flexibility index (Phi) is 15.2. The molecule has 1 heterocycles. The van der Waals surface area contributed by atoms with Gasteiger partial charge in [-0.15, -0.1) is 0 Å². The summed E-state index contributed by atoms with van der Waals surface area (Å²) >= 11 is 0. The van der Waals surface area contributed by atoms with Gasteiger partial charge >= 0.3 is 0 Å². The number of aryl methyl sites for hydroxylation is 1. The molecule has 1 aliphatic rings. The van der Waals surface area contributed by atoms with Crippen molar-refractivity contribution in [3.8, 4) is 11.5 Å². The van der Waals surface area contributed by atoms with Crippen molar-refractivity contribution >= 4 is 12.1 Å². The molecule has 40 heavy (non-hydrogen) atoms. The van der Waals surface area contributed by atoms with Crippen LogP contribution in [-0.2, 0) is 18.0 Å². The zero-order valence-electron chi connectivity index (χ0n) is 26.7. The van der Waals surface area contributed by atoms with Gasteiger partial charge in [-0.05, 0) is 105 Å². The summed E-state index contributed by atoms with van der Waals surface area (Å²) in [6, 6.07) is 6.01. The molecule has 0 fully saturated rings. The Labute approximate surface area is 243 Å². The Bertz CT molecular complexity index is 1170. The number of carbonyl (C=O) groups is 1. The van der Waals surface area contributed by atoms with Gasteiger partial charge in [-0.3, -0.25) is 4.79 Å². The molecule has 2 N–H and O–H groups in total. The molecular weight excluding hydrogens is 500 g/mol. The summed E-state index contributed by atoms with van der Waals surface area (Å²) in [5, 5.41) is 13.3. The Morgan fingerprint density at radius 3 is 2.20 bits per heavy atom. The number of carbonyl (C=O) groups excluding carboxylic acids is 1. The fraction of sp³-hybridized carbons (Fsp3) is 0.500. The Morgan fingerprint density at radius 2 is 1.62 bits per heavy atom. The molecule has 0 aromatic heterocycles. The van der Waals surface area contributed by atoms with E-state index in [1.54, 1.807) is 7.11 Å². The molecule has 1 atom stereocenters. The Balaban J connectivity index is 0.00000191. The van der Waals surface area contributed by atoms with E-state index in [0.717, 1.165) is 52.9 Å². The zero-order valence-corrected chi connectivity index (χ0v) is 26.7. The van der Waals surface area contributed by atoms with Crippen molar-refractivity contribution in [3.05, 3.63) is 75.0 Å². The van der Waals surface area contributed by atoms with Crippen molar-refractivity contribution in [2.45, 2.75) is 101 Å². The number of aliphatic hydroxyl groups excluding tert-OH is 1. The van der Waals surface area contributed by atoms with Crippen molar-refractivity contribution in [2.24, 2.45) is 0 Å². The smallest absolute Gasteiger partial charge is 0.214 e. The maximum Gasteiger partial charge on any atom is 0.214 e. The fourth-order valence-corrected chi connectivity index (χ4v) is 4.76. The molecule has 0 unspecified atom stereocenters. The Morgan fingerprint density at radius 1 is 0.975 bits per heavy atom. The number of benzene rings is 2. The summed E-state index contributed by atoms with van der Waals surface area (Å²) in [6.45, 7) is 21.4. The predicted molar refractivity (Wildman–Crippen MR) is 168 cm³/mol. The van der Waals surface area contributed by atoms with E-state index in [1.807, 2.05) is 70.7 Å². The minimum atomic E-state index is 0.00509. The van der Waals surface area contributed by atoms with Crippen molar-refractivity contribution in [2.75, 3.05) is 19.0 Å². The first-order valence-electron chi connectivity index (χ1n) is 14.6. The topological polar surface area (TPSA) is 71.0 Å². The number of hydrogen-bond acceptors (Lipinski definition) is 5. The van der Waals surface area contributed by atoms with Crippen molar-refractivity contribution in [1.82, 2.24) is 4.90 Å². The van der Waals surface area contributed by atoms with Gasteiger partial charge in [0.15, 0.2) is 11.5 Å². The lowest BCUT2D eigenvalue weighted by atomic mass is 9.94. The van der Waals surface area contributed by atoms with Gasteiger partial charge in [0.1, 0.15) is 6.61 Å². The molecule has 2 aromatic rings. The number of amides is 1. The molecule has 1 amide bonds. The van der Waals surface area contributed by atoms with Crippen molar-refractivity contribution in [1.29, 1.82) is 0 Å². The van der Waals surface area contributed by atoms with Crippen LogP contribution in [0.3, 0.4) is 0 Å². The number of hydrogen-bond donors (Lipinski definition) is 2. The van der Waals surface area contributed by atoms with Crippen molar-refractivity contribution in [3.63, 3.8) is 0 Å². The van der Waals surface area contributed by atoms with Crippen LogP contribution in [0.5, 0.6) is 11.5 Å². The summed E-state index contributed by atoms with van der Waals surface area (Å²) in [7, 11) is 1.64. The summed E-state index contributed by atoms with van der Waals surface area (Å²) in [4.78, 5) is 13.7. The van der Waals surface area contributed by atoms with Gasteiger partial charge in [0.2, 0.25) is 6.41 Å². The highest BCUT2D eigenvalue weighted by atomic mass is 16.5. The van der Waals surface area contributed by atoms with Crippen LogP contribution in [0, 0.1) is 27.7 Å². The van der Waals surface area contributed by atoms with E-state index in [9.17, 15) is 9.90 Å². The van der Waals surface area contributed by atoms with E-state index in [-0.39, 0.29) is 12.6 Å². The lowest BCUT2D eigenvalue weighted by Gasteiger charge is -2.24. The number of rotatable bonds is 11. The first kappa shape index (κ1) is 34.8. The van der Waals surface area contributed by atoms with Crippen LogP contribution in [-0.4, -0.2) is 36.1 Å². The molecule has 0 radical (unpaired) electrons. The van der Waals surface area contributed by atoms with Crippen LogP contribution in [0.1, 0.15) is 87.8 Å². The molecule has 0 spiro atoms. The van der Waals surface area contributed by atoms with E-state index in [0.29, 0.717) is 24.7 Å². The van der Waals surface area contributed by atoms with Gasteiger partial charge in [-0.2, -0.15) is 0 Å². The second kappa shape index (κ2) is 17.4. The summed E-state index contributed by atoms with van der Waals surface area (Å²) in [5.74, 6) is 1.31. The molecule has 0 saturated carbocycles. The molecular formula is C34H52N2O4. The van der Waals surface area contributed by atoms with E-state index in [1.165, 1.54) is 16.7 Å². The van der Waals surface area contributed by atoms with Gasteiger partial charge < -0.3 is 24.8 Å². The maximum absolute atomic E-state index is 11.9. The number of ether oxygens (including phenoxy) is 2. The SMILES string of the molecule is CC.CC.CC/C=C\C1=C(C)C[C@@H](CNc2cc(OCc3cc(CO)c(C)c(C)c3C)c(OC)cc2C)N1C=O. The first-order chi connectivity index (χ1) is 19.2. The van der Waals surface area contributed by atoms with Crippen LogP contribution in [0.25, 0.3) is 0 Å². The highest BCUT2D eigenvalue weighted by molar-refractivity contribution is 5.61. The van der Waals surface area contributed by atoms with E-state index < -0.39 is 0 Å². The van der Waals surface area contributed by atoms with E-state index in [2.05, 4.69) is 39.1 Å². The molecule has 1 aliphatic heterocycles. The van der Waals surface area contributed by atoms with Crippen LogP contribution in [0.2, 0.25) is 0 Å². The number of anilines is 1. The third kappa shape index (κ3) is 8.37. The number of nitrogens with one attached hydrogen (secondary N) is 1. The molecule has 0 saturated heterocycles. The molecule has 2 aromatic carbocycles. The minimum absolute atomic E-state index is 0.00509. The standard InChI is InChI=1S/C30H40N2O4.2C2H6/c1-8-9-10-28-20(3)11-26(32(28)18-34)15-31-27-14-30(29(35-7)12-19(27)2)36-17-25-13-24(16-33)22(5)21(4)23(25)6;2*1-2/h9-10,12-14,18,26,31,33H,8,11,15-17H2,1-7H3;2*1-2H3/b10-9-;;/t26-;;/m0../s1. The molecule has 6 nitrogen and oxygen atoms in total. The minimum Gasteiger partial charge on any atom is -0.493 e. The highest BCUT2D eigenvalue weighted by Gasteiger charge is 2.28. The second-order valence-electron chi connectivity index (χ2n) is 9.56. The monoisotopic (exact) mass is 552 g/mol. The van der Waals surface area contributed by atoms with Gasteiger partial charge in [-0.1, -0.05) is 40.7 Å². The molecule has 0 bridgehead atoms. The fourth-order valence-electron chi connectivity index (χ4n) is 4.76. The first-order valence-corrected chi connectivity index (χ1v) is 14.6. The average molecular weight is 553 g/mol. The molecule has 3 rings (SSSR count). The highest BCUT2D eigenvalue weighted by Crippen LogP contribution is 2.35. The third-order valence-corrected chi connectivity index (χ3v) is 7.30. The van der Waals surface area contributed by atoms with Gasteiger partial charge in [-0.25, -0.2) is 0 Å². The average Bonchev–Trinajstić information content (AvgIpc) is 3.29. The van der Waals surface area contributed by atoms with E-state index >= 15 is 0 Å². The number of methoxy groups -OCH3 is 1. The normalized spacial score (nSPS) is 14.4.